The summed E-state index contributed by atoms with van der Waals surface area (Å²) >= 11 is 0. The van der Waals surface area contributed by atoms with Crippen molar-refractivity contribution in [1.82, 2.24) is 0 Å². The molecule has 0 aliphatic rings. The number of benzene rings is 2. The first-order chi connectivity index (χ1) is 10.4. The van der Waals surface area contributed by atoms with Gasteiger partial charge in [-0.2, -0.15) is 0 Å². The fraction of sp³-hybridized carbons (Fsp3) is 0.0476. The number of allylic oxidation sites excluding steroid dienone is 6. The van der Waals surface area contributed by atoms with Crippen LogP contribution in [0, 0.1) is 0 Å². The topological polar surface area (TPSA) is 0 Å². The van der Waals surface area contributed by atoms with Crippen molar-refractivity contribution >= 4 is 0 Å². The first-order valence-electron chi connectivity index (χ1n) is 7.08. The molecular formula is C21H20. The Hall–Kier alpha value is -2.60. The van der Waals surface area contributed by atoms with Gasteiger partial charge in [-0.1, -0.05) is 104 Å². The fourth-order valence-electron chi connectivity index (χ4n) is 2.40. The molecule has 0 bridgehead atoms. The van der Waals surface area contributed by atoms with Gasteiger partial charge in [0.05, 0.1) is 0 Å². The lowest BCUT2D eigenvalue weighted by atomic mass is 9.84. The van der Waals surface area contributed by atoms with Crippen LogP contribution in [0.15, 0.2) is 110 Å². The molecule has 104 valence electrons. The van der Waals surface area contributed by atoms with E-state index in [1.165, 1.54) is 16.7 Å². The van der Waals surface area contributed by atoms with Gasteiger partial charge in [-0.15, -0.1) is 0 Å². The molecule has 2 aromatic rings. The number of rotatable bonds is 6. The van der Waals surface area contributed by atoms with Gasteiger partial charge in [0.25, 0.3) is 0 Å². The lowest BCUT2D eigenvalue weighted by Crippen LogP contribution is -2.03. The Morgan fingerprint density at radius 2 is 1.29 bits per heavy atom. The van der Waals surface area contributed by atoms with Crippen molar-refractivity contribution in [2.45, 2.75) is 5.92 Å². The molecular weight excluding hydrogens is 252 g/mol. The van der Waals surface area contributed by atoms with E-state index in [4.69, 9.17) is 0 Å². The zero-order valence-electron chi connectivity index (χ0n) is 12.2. The average molecular weight is 272 g/mol. The van der Waals surface area contributed by atoms with Crippen LogP contribution < -0.4 is 0 Å². The Bertz CT molecular complexity index is 591. The van der Waals surface area contributed by atoms with Crippen molar-refractivity contribution in [3.05, 3.63) is 121 Å². The molecule has 0 N–H and O–H groups in total. The van der Waals surface area contributed by atoms with E-state index in [0.29, 0.717) is 0 Å². The maximum absolute atomic E-state index is 3.98. The molecule has 0 unspecified atom stereocenters. The van der Waals surface area contributed by atoms with E-state index >= 15 is 0 Å². The van der Waals surface area contributed by atoms with Crippen molar-refractivity contribution in [1.29, 1.82) is 0 Å². The van der Waals surface area contributed by atoms with Crippen molar-refractivity contribution in [3.63, 3.8) is 0 Å². The summed E-state index contributed by atoms with van der Waals surface area (Å²) in [5.74, 6) is 0.194. The molecule has 0 heterocycles. The molecule has 0 amide bonds. The molecule has 0 aliphatic carbocycles. The Morgan fingerprint density at radius 1 is 0.762 bits per heavy atom. The third-order valence-electron chi connectivity index (χ3n) is 3.37. The number of hydrogen-bond donors (Lipinski definition) is 0. The maximum atomic E-state index is 3.98. The monoisotopic (exact) mass is 272 g/mol. The summed E-state index contributed by atoms with van der Waals surface area (Å²) in [5.41, 5.74) is 3.70. The quantitative estimate of drug-likeness (QED) is 0.594. The minimum Gasteiger partial charge on any atom is -0.0991 e. The zero-order chi connectivity index (χ0) is 14.9. The molecule has 0 nitrogen and oxygen atoms in total. The van der Waals surface area contributed by atoms with E-state index in [1.54, 1.807) is 6.08 Å². The molecule has 0 spiro atoms. The molecule has 0 aliphatic heterocycles. The van der Waals surface area contributed by atoms with Gasteiger partial charge in [0.2, 0.25) is 0 Å². The Kier molecular flexibility index (Phi) is 5.54. The summed E-state index contributed by atoms with van der Waals surface area (Å²) in [7, 11) is 0. The summed E-state index contributed by atoms with van der Waals surface area (Å²) in [6.45, 7) is 7.69. The standard InChI is InChI=1S/C21H20/c1-3-5-8-13-18(4-2)21(19-14-9-6-10-15-19)20-16-11-7-12-17-20/h3-17,21H,1-2H2/b8-5-,18-13+. The highest BCUT2D eigenvalue weighted by atomic mass is 14.2. The zero-order valence-corrected chi connectivity index (χ0v) is 12.2. The van der Waals surface area contributed by atoms with Crippen LogP contribution in [-0.4, -0.2) is 0 Å². The first-order valence-corrected chi connectivity index (χ1v) is 7.08. The van der Waals surface area contributed by atoms with Crippen molar-refractivity contribution in [2.24, 2.45) is 0 Å². The van der Waals surface area contributed by atoms with Crippen molar-refractivity contribution in [3.8, 4) is 0 Å². The van der Waals surface area contributed by atoms with Crippen LogP contribution in [0.25, 0.3) is 0 Å². The van der Waals surface area contributed by atoms with E-state index in [9.17, 15) is 0 Å². The first kappa shape index (κ1) is 14.8. The molecule has 0 saturated heterocycles. The van der Waals surface area contributed by atoms with Gasteiger partial charge >= 0.3 is 0 Å². The second-order valence-corrected chi connectivity index (χ2v) is 4.75. The van der Waals surface area contributed by atoms with Crippen LogP contribution in [-0.2, 0) is 0 Å². The van der Waals surface area contributed by atoms with E-state index in [1.807, 2.05) is 30.4 Å². The third kappa shape index (κ3) is 3.93. The van der Waals surface area contributed by atoms with E-state index in [-0.39, 0.29) is 5.92 Å². The highest BCUT2D eigenvalue weighted by molar-refractivity contribution is 5.45. The SMILES string of the molecule is C=C/C=C\C=C(/C=C)C(c1ccccc1)c1ccccc1. The summed E-state index contributed by atoms with van der Waals surface area (Å²) in [6, 6.07) is 21.0. The molecule has 0 heteroatoms. The van der Waals surface area contributed by atoms with Gasteiger partial charge in [-0.3, -0.25) is 0 Å². The Labute approximate surface area is 127 Å². The van der Waals surface area contributed by atoms with Gasteiger partial charge in [-0.25, -0.2) is 0 Å². The maximum Gasteiger partial charge on any atom is 0.0339 e. The highest BCUT2D eigenvalue weighted by Crippen LogP contribution is 2.32. The molecule has 0 aromatic heterocycles. The van der Waals surface area contributed by atoms with Gasteiger partial charge in [0.15, 0.2) is 0 Å². The van der Waals surface area contributed by atoms with E-state index in [0.717, 1.165) is 0 Å². The molecule has 2 rings (SSSR count). The van der Waals surface area contributed by atoms with Gasteiger partial charge in [0, 0.05) is 5.92 Å². The average Bonchev–Trinajstić information content (AvgIpc) is 2.56. The predicted octanol–water partition coefficient (Wildman–Crippen LogP) is 5.67. The van der Waals surface area contributed by atoms with E-state index in [2.05, 4.69) is 67.8 Å². The normalized spacial score (nSPS) is 11.8. The molecule has 0 fully saturated rings. The van der Waals surface area contributed by atoms with Gasteiger partial charge in [-0.05, 0) is 16.7 Å². The predicted molar refractivity (Wildman–Crippen MR) is 92.3 cm³/mol. The summed E-state index contributed by atoms with van der Waals surface area (Å²) < 4.78 is 0. The van der Waals surface area contributed by atoms with Crippen LogP contribution in [0.1, 0.15) is 17.0 Å². The molecule has 0 saturated carbocycles. The van der Waals surface area contributed by atoms with Crippen LogP contribution in [0.4, 0.5) is 0 Å². The smallest absolute Gasteiger partial charge is 0.0339 e. The molecule has 2 aromatic carbocycles. The van der Waals surface area contributed by atoms with Crippen molar-refractivity contribution < 1.29 is 0 Å². The lowest BCUT2D eigenvalue weighted by molar-refractivity contribution is 0.978. The third-order valence-corrected chi connectivity index (χ3v) is 3.37. The Morgan fingerprint density at radius 3 is 1.71 bits per heavy atom. The van der Waals surface area contributed by atoms with E-state index < -0.39 is 0 Å². The molecule has 0 atom stereocenters. The minimum absolute atomic E-state index is 0.194. The van der Waals surface area contributed by atoms with Crippen LogP contribution in [0.3, 0.4) is 0 Å². The minimum atomic E-state index is 0.194. The van der Waals surface area contributed by atoms with Crippen LogP contribution in [0.5, 0.6) is 0 Å². The van der Waals surface area contributed by atoms with Crippen LogP contribution >= 0.6 is 0 Å². The molecule has 21 heavy (non-hydrogen) atoms. The largest absolute Gasteiger partial charge is 0.0991 e. The van der Waals surface area contributed by atoms with Gasteiger partial charge < -0.3 is 0 Å². The second-order valence-electron chi connectivity index (χ2n) is 4.75. The molecule has 0 radical (unpaired) electrons. The summed E-state index contributed by atoms with van der Waals surface area (Å²) in [6.07, 6.45) is 9.73. The van der Waals surface area contributed by atoms with Crippen LogP contribution in [0.2, 0.25) is 0 Å². The van der Waals surface area contributed by atoms with Gasteiger partial charge in [0.1, 0.15) is 0 Å². The summed E-state index contributed by atoms with van der Waals surface area (Å²) in [5, 5.41) is 0. The fourth-order valence-corrected chi connectivity index (χ4v) is 2.40. The lowest BCUT2D eigenvalue weighted by Gasteiger charge is -2.19. The van der Waals surface area contributed by atoms with Crippen molar-refractivity contribution in [2.75, 3.05) is 0 Å². The second kappa shape index (κ2) is 7.86. The highest BCUT2D eigenvalue weighted by Gasteiger charge is 2.16. The summed E-state index contributed by atoms with van der Waals surface area (Å²) in [4.78, 5) is 0. The Balaban J connectivity index is 2.50. The number of hydrogen-bond acceptors (Lipinski definition) is 0.